The molecule has 2 rings (SSSR count). The molecule has 1 amide bonds. The Morgan fingerprint density at radius 1 is 1.75 bits per heavy atom. The highest BCUT2D eigenvalue weighted by Crippen LogP contribution is 2.39. The van der Waals surface area contributed by atoms with Crippen LogP contribution in [0.15, 0.2) is 6.07 Å². The van der Waals surface area contributed by atoms with Crippen molar-refractivity contribution in [1.29, 1.82) is 0 Å². The average molecular weight is 184 g/mol. The van der Waals surface area contributed by atoms with Crippen molar-refractivity contribution in [2.24, 2.45) is 0 Å². The highest BCUT2D eigenvalue weighted by Gasteiger charge is 2.25. The van der Waals surface area contributed by atoms with Gasteiger partial charge in [-0.25, -0.2) is 0 Å². The maximum atomic E-state index is 11.1. The molecule has 0 radical (unpaired) electrons. The summed E-state index contributed by atoms with van der Waals surface area (Å²) in [5.41, 5.74) is 6.22. The molecule has 5 heteroatoms. The van der Waals surface area contributed by atoms with Crippen LogP contribution in [0.4, 0.5) is 10.7 Å². The third-order valence-corrected chi connectivity index (χ3v) is 2.48. The van der Waals surface area contributed by atoms with Crippen LogP contribution < -0.4 is 15.8 Å². The third kappa shape index (κ3) is 1.02. The summed E-state index contributed by atoms with van der Waals surface area (Å²) >= 11 is 1.34. The summed E-state index contributed by atoms with van der Waals surface area (Å²) in [5.74, 6) is -0.125. The number of rotatable bonds is 0. The van der Waals surface area contributed by atoms with Crippen molar-refractivity contribution in [3.8, 4) is 5.06 Å². The van der Waals surface area contributed by atoms with E-state index in [1.807, 2.05) is 0 Å². The van der Waals surface area contributed by atoms with E-state index < -0.39 is 6.10 Å². The molecule has 3 N–H and O–H groups in total. The molecule has 1 aromatic rings. The number of ether oxygens (including phenoxy) is 1. The lowest BCUT2D eigenvalue weighted by molar-refractivity contribution is -0.122. The van der Waals surface area contributed by atoms with Crippen molar-refractivity contribution < 1.29 is 9.53 Å². The number of thiophene rings is 1. The normalized spacial score (nSPS) is 21.1. The zero-order chi connectivity index (χ0) is 8.72. The second-order valence-electron chi connectivity index (χ2n) is 2.60. The molecule has 1 unspecified atom stereocenters. The van der Waals surface area contributed by atoms with Gasteiger partial charge in [-0.1, -0.05) is 11.3 Å². The number of nitrogens with one attached hydrogen (secondary N) is 1. The smallest absolute Gasteiger partial charge is 0.265 e. The van der Waals surface area contributed by atoms with Gasteiger partial charge in [-0.05, 0) is 13.0 Å². The lowest BCUT2D eigenvalue weighted by Crippen LogP contribution is -2.33. The number of hydrogen-bond donors (Lipinski definition) is 2. The number of anilines is 2. The fourth-order valence-corrected chi connectivity index (χ4v) is 1.82. The van der Waals surface area contributed by atoms with Gasteiger partial charge in [0.05, 0.1) is 10.7 Å². The van der Waals surface area contributed by atoms with Crippen LogP contribution in [0.5, 0.6) is 5.06 Å². The fourth-order valence-electron chi connectivity index (χ4n) is 1.02. The number of hydrogen-bond acceptors (Lipinski definition) is 4. The Kier molecular flexibility index (Phi) is 1.47. The Morgan fingerprint density at radius 2 is 2.50 bits per heavy atom. The monoisotopic (exact) mass is 184 g/mol. The second-order valence-corrected chi connectivity index (χ2v) is 3.65. The highest BCUT2D eigenvalue weighted by atomic mass is 32.1. The minimum atomic E-state index is -0.421. The maximum absolute atomic E-state index is 11.1. The highest BCUT2D eigenvalue weighted by molar-refractivity contribution is 7.18. The molecule has 1 atom stereocenters. The number of carbonyl (C=O) groups is 1. The van der Waals surface area contributed by atoms with Crippen molar-refractivity contribution in [2.75, 3.05) is 11.1 Å². The molecule has 0 saturated carbocycles. The number of nitrogen functional groups attached to an aromatic ring is 1. The van der Waals surface area contributed by atoms with Crippen molar-refractivity contribution in [3.05, 3.63) is 6.07 Å². The van der Waals surface area contributed by atoms with E-state index in [0.29, 0.717) is 15.8 Å². The minimum Gasteiger partial charge on any atom is -0.469 e. The minimum absolute atomic E-state index is 0.125. The van der Waals surface area contributed by atoms with E-state index in [-0.39, 0.29) is 5.91 Å². The Hall–Kier alpha value is -1.23. The Balaban J connectivity index is 2.39. The molecular formula is C7H8N2O2S. The molecule has 0 fully saturated rings. The molecule has 12 heavy (non-hydrogen) atoms. The summed E-state index contributed by atoms with van der Waals surface area (Å²) < 4.78 is 5.29. The third-order valence-electron chi connectivity index (χ3n) is 1.63. The Morgan fingerprint density at radius 3 is 3.25 bits per heavy atom. The fraction of sp³-hybridized carbons (Fsp3) is 0.286. The summed E-state index contributed by atoms with van der Waals surface area (Å²) in [6.45, 7) is 1.70. The first-order valence-electron chi connectivity index (χ1n) is 3.53. The van der Waals surface area contributed by atoms with Gasteiger partial charge in [-0.15, -0.1) is 0 Å². The number of nitrogens with two attached hydrogens (primary N) is 1. The van der Waals surface area contributed by atoms with Gasteiger partial charge in [-0.2, -0.15) is 0 Å². The largest absolute Gasteiger partial charge is 0.469 e. The number of carbonyl (C=O) groups excluding carboxylic acids is 1. The summed E-state index contributed by atoms with van der Waals surface area (Å²) in [6.07, 6.45) is -0.421. The lowest BCUT2D eigenvalue weighted by atomic mass is 10.3. The topological polar surface area (TPSA) is 64.3 Å². The van der Waals surface area contributed by atoms with Gasteiger partial charge in [0, 0.05) is 0 Å². The van der Waals surface area contributed by atoms with E-state index in [0.717, 1.165) is 0 Å². The van der Waals surface area contributed by atoms with Crippen LogP contribution in [0.1, 0.15) is 6.92 Å². The maximum Gasteiger partial charge on any atom is 0.265 e. The first-order chi connectivity index (χ1) is 5.66. The van der Waals surface area contributed by atoms with Crippen molar-refractivity contribution in [3.63, 3.8) is 0 Å². The average Bonchev–Trinajstić information content (AvgIpc) is 2.30. The quantitative estimate of drug-likeness (QED) is 0.633. The molecule has 1 aliphatic rings. The molecule has 0 saturated heterocycles. The van der Waals surface area contributed by atoms with Crippen LogP contribution >= 0.6 is 11.3 Å². The van der Waals surface area contributed by atoms with E-state index in [4.69, 9.17) is 10.5 Å². The summed E-state index contributed by atoms with van der Waals surface area (Å²) in [7, 11) is 0. The van der Waals surface area contributed by atoms with E-state index in [1.165, 1.54) is 11.3 Å². The predicted molar refractivity (Wildman–Crippen MR) is 47.5 cm³/mol. The van der Waals surface area contributed by atoms with E-state index in [2.05, 4.69) is 5.32 Å². The predicted octanol–water partition coefficient (Wildman–Crippen LogP) is 1.05. The van der Waals surface area contributed by atoms with Crippen molar-refractivity contribution in [2.45, 2.75) is 13.0 Å². The zero-order valence-electron chi connectivity index (χ0n) is 6.46. The van der Waals surface area contributed by atoms with Gasteiger partial charge in [0.1, 0.15) is 0 Å². The molecule has 0 aliphatic carbocycles. The van der Waals surface area contributed by atoms with E-state index in [9.17, 15) is 4.79 Å². The van der Waals surface area contributed by atoms with Crippen LogP contribution in [0.25, 0.3) is 0 Å². The van der Waals surface area contributed by atoms with Crippen LogP contribution in [-0.2, 0) is 4.79 Å². The SMILES string of the molecule is CC1Oc2sc(N)cc2NC1=O. The van der Waals surface area contributed by atoms with Crippen LogP contribution in [-0.4, -0.2) is 12.0 Å². The molecule has 0 spiro atoms. The Labute approximate surface area is 73.3 Å². The Bertz CT molecular complexity index is 334. The van der Waals surface area contributed by atoms with Gasteiger partial charge in [-0.3, -0.25) is 4.79 Å². The molecule has 1 aliphatic heterocycles. The van der Waals surface area contributed by atoms with Gasteiger partial charge >= 0.3 is 0 Å². The standard InChI is InChI=1S/C7H8N2O2S/c1-3-6(10)9-4-2-5(8)12-7(4)11-3/h2-3H,8H2,1H3,(H,9,10). The number of fused-ring (bicyclic) bond motifs is 1. The molecule has 0 aromatic carbocycles. The second kappa shape index (κ2) is 2.38. The molecule has 1 aromatic heterocycles. The summed E-state index contributed by atoms with van der Waals surface area (Å²) in [6, 6.07) is 1.70. The van der Waals surface area contributed by atoms with Gasteiger partial charge in [0.2, 0.25) is 5.06 Å². The molecule has 2 heterocycles. The van der Waals surface area contributed by atoms with E-state index in [1.54, 1.807) is 13.0 Å². The molecular weight excluding hydrogens is 176 g/mol. The van der Waals surface area contributed by atoms with Gasteiger partial charge in [0.15, 0.2) is 6.10 Å². The van der Waals surface area contributed by atoms with Crippen LogP contribution in [0.2, 0.25) is 0 Å². The lowest BCUT2D eigenvalue weighted by Gasteiger charge is -2.19. The molecule has 0 bridgehead atoms. The summed E-state index contributed by atoms with van der Waals surface area (Å²) in [5, 5.41) is 4.04. The zero-order valence-corrected chi connectivity index (χ0v) is 7.27. The van der Waals surface area contributed by atoms with Gasteiger partial charge in [0.25, 0.3) is 5.91 Å². The number of amides is 1. The summed E-state index contributed by atoms with van der Waals surface area (Å²) in [4.78, 5) is 11.1. The first-order valence-corrected chi connectivity index (χ1v) is 4.35. The van der Waals surface area contributed by atoms with Crippen molar-refractivity contribution >= 4 is 27.9 Å². The van der Waals surface area contributed by atoms with E-state index >= 15 is 0 Å². The first kappa shape index (κ1) is 7.42. The van der Waals surface area contributed by atoms with Crippen LogP contribution in [0.3, 0.4) is 0 Å². The molecule has 64 valence electrons. The van der Waals surface area contributed by atoms with Crippen LogP contribution in [0, 0.1) is 0 Å². The van der Waals surface area contributed by atoms with Gasteiger partial charge < -0.3 is 15.8 Å². The van der Waals surface area contributed by atoms with Crippen molar-refractivity contribution in [1.82, 2.24) is 0 Å². The molecule has 4 nitrogen and oxygen atoms in total.